The lowest BCUT2D eigenvalue weighted by molar-refractivity contribution is -0.123. The van der Waals surface area contributed by atoms with E-state index in [0.29, 0.717) is 12.8 Å². The molecule has 54 heavy (non-hydrogen) atoms. The van der Waals surface area contributed by atoms with E-state index in [9.17, 15) is 15.0 Å². The smallest absolute Gasteiger partial charge is 0.220 e. The van der Waals surface area contributed by atoms with Gasteiger partial charge in [0, 0.05) is 6.42 Å². The van der Waals surface area contributed by atoms with E-state index >= 15 is 0 Å². The molecule has 2 atom stereocenters. The minimum Gasteiger partial charge on any atom is -0.394 e. The van der Waals surface area contributed by atoms with Gasteiger partial charge >= 0.3 is 0 Å². The maximum Gasteiger partial charge on any atom is 0.220 e. The largest absolute Gasteiger partial charge is 0.394 e. The van der Waals surface area contributed by atoms with E-state index < -0.39 is 12.1 Å². The van der Waals surface area contributed by atoms with Gasteiger partial charge in [0.2, 0.25) is 5.91 Å². The molecule has 0 heterocycles. The van der Waals surface area contributed by atoms with Gasteiger partial charge in [-0.1, -0.05) is 277 Å². The number of amides is 1. The number of carbonyl (C=O) groups excluding carboxylic acids is 1. The minimum atomic E-state index is -0.654. The number of carbonyl (C=O) groups is 1. The Bertz CT molecular complexity index is 699. The van der Waals surface area contributed by atoms with Crippen molar-refractivity contribution in [1.82, 2.24) is 5.32 Å². The van der Waals surface area contributed by atoms with Gasteiger partial charge in [-0.2, -0.15) is 0 Å². The molecule has 0 aromatic heterocycles. The zero-order chi connectivity index (χ0) is 39.3. The molecule has 3 N–H and O–H groups in total. The average Bonchev–Trinajstić information content (AvgIpc) is 3.18. The van der Waals surface area contributed by atoms with Crippen molar-refractivity contribution in [2.75, 3.05) is 6.61 Å². The lowest BCUT2D eigenvalue weighted by Crippen LogP contribution is -2.45. The van der Waals surface area contributed by atoms with Crippen molar-refractivity contribution in [3.8, 4) is 0 Å². The molecule has 4 heteroatoms. The van der Waals surface area contributed by atoms with Crippen molar-refractivity contribution in [3.63, 3.8) is 0 Å². The van der Waals surface area contributed by atoms with Crippen LogP contribution in [0.4, 0.5) is 0 Å². The van der Waals surface area contributed by atoms with Gasteiger partial charge in [-0.25, -0.2) is 0 Å². The van der Waals surface area contributed by atoms with Crippen LogP contribution in [0.25, 0.3) is 0 Å². The van der Waals surface area contributed by atoms with Crippen LogP contribution >= 0.6 is 0 Å². The molecule has 0 spiro atoms. The summed E-state index contributed by atoms with van der Waals surface area (Å²) >= 11 is 0. The molecule has 1 amide bonds. The molecule has 0 bridgehead atoms. The molecule has 0 radical (unpaired) electrons. The maximum atomic E-state index is 12.4. The van der Waals surface area contributed by atoms with Crippen molar-refractivity contribution < 1.29 is 15.0 Å². The molecule has 0 aliphatic carbocycles. The highest BCUT2D eigenvalue weighted by molar-refractivity contribution is 5.76. The summed E-state index contributed by atoms with van der Waals surface area (Å²) in [5.74, 6) is -0.0234. The molecular formula is C50H101NO3. The van der Waals surface area contributed by atoms with Gasteiger partial charge in [-0.3, -0.25) is 4.79 Å². The van der Waals surface area contributed by atoms with E-state index in [4.69, 9.17) is 0 Å². The third kappa shape index (κ3) is 42.5. The van der Waals surface area contributed by atoms with Crippen molar-refractivity contribution >= 4 is 5.91 Å². The second-order valence-corrected chi connectivity index (χ2v) is 17.6. The van der Waals surface area contributed by atoms with Crippen LogP contribution in [0.3, 0.4) is 0 Å². The molecule has 0 aromatic carbocycles. The highest BCUT2D eigenvalue weighted by atomic mass is 16.3. The second-order valence-electron chi connectivity index (χ2n) is 17.6. The molecule has 4 nitrogen and oxygen atoms in total. The topological polar surface area (TPSA) is 69.6 Å². The monoisotopic (exact) mass is 764 g/mol. The number of rotatable bonds is 47. The van der Waals surface area contributed by atoms with E-state index in [1.807, 2.05) is 0 Å². The zero-order valence-electron chi connectivity index (χ0n) is 37.3. The van der Waals surface area contributed by atoms with Crippen molar-refractivity contribution in [1.29, 1.82) is 0 Å². The Kier molecular flexibility index (Phi) is 46.2. The first kappa shape index (κ1) is 53.4. The third-order valence-electron chi connectivity index (χ3n) is 12.1. The number of hydrogen-bond acceptors (Lipinski definition) is 3. The van der Waals surface area contributed by atoms with Crippen molar-refractivity contribution in [2.45, 2.75) is 309 Å². The molecule has 0 aliphatic rings. The Balaban J connectivity index is 3.43. The van der Waals surface area contributed by atoms with E-state index in [0.717, 1.165) is 25.7 Å². The van der Waals surface area contributed by atoms with Crippen LogP contribution in [0, 0.1) is 0 Å². The summed E-state index contributed by atoms with van der Waals surface area (Å²) in [6, 6.07) is -0.530. The van der Waals surface area contributed by atoms with Gasteiger partial charge < -0.3 is 15.5 Å². The summed E-state index contributed by atoms with van der Waals surface area (Å²) in [7, 11) is 0. The van der Waals surface area contributed by atoms with Crippen LogP contribution in [0.1, 0.15) is 296 Å². The van der Waals surface area contributed by atoms with E-state index in [1.54, 1.807) is 0 Å². The van der Waals surface area contributed by atoms with Crippen LogP contribution < -0.4 is 5.32 Å². The quantitative estimate of drug-likeness (QED) is 0.0541. The summed E-state index contributed by atoms with van der Waals surface area (Å²) in [5.41, 5.74) is 0. The Morgan fingerprint density at radius 3 is 0.833 bits per heavy atom. The molecule has 0 fully saturated rings. The molecular weight excluding hydrogens is 663 g/mol. The van der Waals surface area contributed by atoms with E-state index in [2.05, 4.69) is 19.2 Å². The first-order chi connectivity index (χ1) is 26.7. The molecule has 0 aliphatic heterocycles. The molecule has 324 valence electrons. The van der Waals surface area contributed by atoms with Crippen LogP contribution in [-0.2, 0) is 4.79 Å². The number of aliphatic hydroxyl groups is 2. The minimum absolute atomic E-state index is 0.0234. The standard InChI is InChI=1S/C50H101NO3/c1-3-5-7-9-11-13-15-17-19-21-23-25-27-29-31-33-35-37-39-41-43-45-49(53)48(47-52)51-50(54)46-44-42-40-38-36-34-32-30-28-26-24-22-20-18-16-14-12-10-8-6-4-2/h48-49,52-53H,3-47H2,1-2H3,(H,51,54). The SMILES string of the molecule is CCCCCCCCCCCCCCCCCCCCCCCC(=O)NC(CO)C(O)CCCCCCCCCCCCCCCCCCCCCCC. The van der Waals surface area contributed by atoms with Crippen LogP contribution in [-0.4, -0.2) is 34.9 Å². The molecule has 0 saturated heterocycles. The fourth-order valence-electron chi connectivity index (χ4n) is 8.25. The normalized spacial score (nSPS) is 12.7. The Morgan fingerprint density at radius 2 is 0.593 bits per heavy atom. The van der Waals surface area contributed by atoms with E-state index in [-0.39, 0.29) is 12.5 Å². The predicted molar refractivity (Wildman–Crippen MR) is 240 cm³/mol. The van der Waals surface area contributed by atoms with E-state index in [1.165, 1.54) is 244 Å². The van der Waals surface area contributed by atoms with Crippen LogP contribution in [0.5, 0.6) is 0 Å². The number of hydrogen-bond donors (Lipinski definition) is 3. The van der Waals surface area contributed by atoms with Gasteiger partial charge in [0.05, 0.1) is 18.8 Å². The molecule has 0 saturated carbocycles. The average molecular weight is 764 g/mol. The lowest BCUT2D eigenvalue weighted by atomic mass is 10.0. The van der Waals surface area contributed by atoms with Crippen molar-refractivity contribution in [2.24, 2.45) is 0 Å². The number of aliphatic hydroxyl groups excluding tert-OH is 2. The van der Waals surface area contributed by atoms with Gasteiger partial charge in [-0.05, 0) is 12.8 Å². The predicted octanol–water partition coefficient (Wildman–Crippen LogP) is 16.0. The number of nitrogens with one attached hydrogen (secondary N) is 1. The molecule has 0 aromatic rings. The fourth-order valence-corrected chi connectivity index (χ4v) is 8.25. The highest BCUT2D eigenvalue weighted by Crippen LogP contribution is 2.18. The Hall–Kier alpha value is -0.610. The number of unbranched alkanes of at least 4 members (excludes halogenated alkanes) is 40. The van der Waals surface area contributed by atoms with Gasteiger partial charge in [0.15, 0.2) is 0 Å². The highest BCUT2D eigenvalue weighted by Gasteiger charge is 2.20. The molecule has 2 unspecified atom stereocenters. The first-order valence-electron chi connectivity index (χ1n) is 25.2. The summed E-state index contributed by atoms with van der Waals surface area (Å²) in [5, 5.41) is 23.3. The van der Waals surface area contributed by atoms with Gasteiger partial charge in [-0.15, -0.1) is 0 Å². The fraction of sp³-hybridized carbons (Fsp3) is 0.980. The van der Waals surface area contributed by atoms with Crippen molar-refractivity contribution in [3.05, 3.63) is 0 Å². The molecule has 0 rings (SSSR count). The zero-order valence-corrected chi connectivity index (χ0v) is 37.3. The summed E-state index contributed by atoms with van der Waals surface area (Å²) in [6.07, 6.45) is 57.8. The first-order valence-corrected chi connectivity index (χ1v) is 25.2. The van der Waals surface area contributed by atoms with Crippen LogP contribution in [0.15, 0.2) is 0 Å². The Labute approximate surface area is 340 Å². The second kappa shape index (κ2) is 46.8. The van der Waals surface area contributed by atoms with Crippen LogP contribution in [0.2, 0.25) is 0 Å². The van der Waals surface area contributed by atoms with Gasteiger partial charge in [0.25, 0.3) is 0 Å². The van der Waals surface area contributed by atoms with Gasteiger partial charge in [0.1, 0.15) is 0 Å². The third-order valence-corrected chi connectivity index (χ3v) is 12.1. The summed E-state index contributed by atoms with van der Waals surface area (Å²) < 4.78 is 0. The maximum absolute atomic E-state index is 12.4. The lowest BCUT2D eigenvalue weighted by Gasteiger charge is -2.22. The summed E-state index contributed by atoms with van der Waals surface area (Å²) in [4.78, 5) is 12.4. The summed E-state index contributed by atoms with van der Waals surface area (Å²) in [6.45, 7) is 4.40. The Morgan fingerprint density at radius 1 is 0.370 bits per heavy atom.